The van der Waals surface area contributed by atoms with E-state index >= 15 is 0 Å². The molecule has 36 heavy (non-hydrogen) atoms. The maximum absolute atomic E-state index is 14.4. The summed E-state index contributed by atoms with van der Waals surface area (Å²) in [7, 11) is 0. The highest BCUT2D eigenvalue weighted by Crippen LogP contribution is 2.37. The molecule has 2 aliphatic heterocycles. The minimum atomic E-state index is -1.10. The average Bonchev–Trinajstić information content (AvgIpc) is 3.12. The molecule has 5 rings (SSSR count). The van der Waals surface area contributed by atoms with E-state index in [0.29, 0.717) is 17.1 Å². The van der Waals surface area contributed by atoms with Crippen molar-refractivity contribution in [3.8, 4) is 5.75 Å². The third-order valence-electron chi connectivity index (χ3n) is 6.14. The minimum Gasteiger partial charge on any atom is -0.482 e. The zero-order valence-electron chi connectivity index (χ0n) is 19.0. The lowest BCUT2D eigenvalue weighted by molar-refractivity contribution is -0.121. The molecule has 4 amide bonds. The molecule has 0 saturated carbocycles. The summed E-state index contributed by atoms with van der Waals surface area (Å²) in [6, 6.07) is 14.2. The molecule has 8 nitrogen and oxygen atoms in total. The van der Waals surface area contributed by atoms with Gasteiger partial charge in [0.05, 0.1) is 23.4 Å². The first kappa shape index (κ1) is 23.5. The number of fused-ring (bicyclic) bond motifs is 2. The quantitative estimate of drug-likeness (QED) is 0.526. The Morgan fingerprint density at radius 1 is 1.06 bits per heavy atom. The van der Waals surface area contributed by atoms with Crippen LogP contribution in [0.1, 0.15) is 33.2 Å². The van der Waals surface area contributed by atoms with Crippen LogP contribution in [-0.4, -0.2) is 41.2 Å². The van der Waals surface area contributed by atoms with Crippen LogP contribution in [-0.2, 0) is 16.1 Å². The first-order chi connectivity index (χ1) is 17.3. The third-order valence-corrected chi connectivity index (χ3v) is 6.49. The van der Waals surface area contributed by atoms with Crippen LogP contribution in [0.4, 0.5) is 15.8 Å². The Morgan fingerprint density at radius 2 is 1.75 bits per heavy atom. The van der Waals surface area contributed by atoms with Gasteiger partial charge >= 0.3 is 0 Å². The monoisotopic (exact) mass is 507 g/mol. The van der Waals surface area contributed by atoms with E-state index in [-0.39, 0.29) is 34.9 Å². The number of hydrogen-bond donors (Lipinski definition) is 1. The summed E-state index contributed by atoms with van der Waals surface area (Å²) >= 11 is 6.15. The fraction of sp³-hybridized carbons (Fsp3) is 0.154. The summed E-state index contributed by atoms with van der Waals surface area (Å²) in [5.74, 6) is -2.29. The molecule has 0 aliphatic carbocycles. The molecule has 0 bridgehead atoms. The van der Waals surface area contributed by atoms with Gasteiger partial charge in [-0.3, -0.25) is 24.1 Å². The molecule has 0 fully saturated rings. The molecule has 10 heteroatoms. The average molecular weight is 508 g/mol. The van der Waals surface area contributed by atoms with Gasteiger partial charge in [-0.15, -0.1) is 0 Å². The number of anilines is 2. The van der Waals surface area contributed by atoms with Crippen molar-refractivity contribution in [1.29, 1.82) is 0 Å². The zero-order valence-corrected chi connectivity index (χ0v) is 19.7. The maximum Gasteiger partial charge on any atom is 0.265 e. The van der Waals surface area contributed by atoms with Crippen molar-refractivity contribution in [1.82, 2.24) is 4.90 Å². The molecule has 1 atom stereocenters. The fourth-order valence-electron chi connectivity index (χ4n) is 4.22. The molecule has 1 unspecified atom stereocenters. The van der Waals surface area contributed by atoms with Crippen LogP contribution < -0.4 is 15.0 Å². The second-order valence-electron chi connectivity index (χ2n) is 8.34. The van der Waals surface area contributed by atoms with E-state index in [1.165, 1.54) is 48.2 Å². The Balaban J connectivity index is 1.39. The summed E-state index contributed by atoms with van der Waals surface area (Å²) in [6.45, 7) is 1.08. The lowest BCUT2D eigenvalue weighted by Gasteiger charge is -2.30. The SMILES string of the molecule is CC(C(=O)Nc1ccc2c(c1)N(Cc1c(F)cccc1Cl)C(=O)CO2)N1C(=O)c2ccccc2C1=O. The van der Waals surface area contributed by atoms with Crippen LogP contribution in [0.25, 0.3) is 0 Å². The van der Waals surface area contributed by atoms with Crippen molar-refractivity contribution in [2.24, 2.45) is 0 Å². The van der Waals surface area contributed by atoms with Gasteiger partial charge < -0.3 is 15.0 Å². The molecule has 1 N–H and O–H groups in total. The Kier molecular flexibility index (Phi) is 5.93. The molecule has 0 aromatic heterocycles. The molecular formula is C26H19ClFN3O5. The molecule has 0 radical (unpaired) electrons. The van der Waals surface area contributed by atoms with Crippen molar-refractivity contribution < 1.29 is 28.3 Å². The van der Waals surface area contributed by atoms with E-state index < -0.39 is 35.5 Å². The number of ether oxygens (including phenoxy) is 1. The highest BCUT2D eigenvalue weighted by atomic mass is 35.5. The first-order valence-corrected chi connectivity index (χ1v) is 11.4. The van der Waals surface area contributed by atoms with Crippen LogP contribution >= 0.6 is 11.6 Å². The number of hydrogen-bond acceptors (Lipinski definition) is 5. The summed E-state index contributed by atoms with van der Waals surface area (Å²) < 4.78 is 19.9. The van der Waals surface area contributed by atoms with Gasteiger partial charge in [0.1, 0.15) is 17.6 Å². The molecule has 182 valence electrons. The molecule has 0 saturated heterocycles. The van der Waals surface area contributed by atoms with E-state index in [2.05, 4.69) is 5.32 Å². The smallest absolute Gasteiger partial charge is 0.265 e. The molecule has 3 aromatic carbocycles. The topological polar surface area (TPSA) is 96.0 Å². The number of carbonyl (C=O) groups excluding carboxylic acids is 4. The van der Waals surface area contributed by atoms with E-state index in [1.807, 2.05) is 0 Å². The minimum absolute atomic E-state index is 0.135. The first-order valence-electron chi connectivity index (χ1n) is 11.0. The molecule has 3 aromatic rings. The molecular weight excluding hydrogens is 489 g/mol. The van der Waals surface area contributed by atoms with Gasteiger partial charge in [0.2, 0.25) is 5.91 Å². The molecule has 2 aliphatic rings. The second kappa shape index (κ2) is 9.09. The van der Waals surface area contributed by atoms with Gasteiger partial charge in [-0.25, -0.2) is 4.39 Å². The number of imide groups is 1. The van der Waals surface area contributed by atoms with Gasteiger partial charge in [-0.2, -0.15) is 0 Å². The molecule has 0 spiro atoms. The number of carbonyl (C=O) groups is 4. The highest BCUT2D eigenvalue weighted by Gasteiger charge is 2.40. The summed E-state index contributed by atoms with van der Waals surface area (Å²) in [6.07, 6.45) is 0. The summed E-state index contributed by atoms with van der Waals surface area (Å²) in [5.41, 5.74) is 1.25. The number of rotatable bonds is 5. The predicted octanol–water partition coefficient (Wildman–Crippen LogP) is 4.03. The van der Waals surface area contributed by atoms with Crippen LogP contribution in [0, 0.1) is 5.82 Å². The highest BCUT2D eigenvalue weighted by molar-refractivity contribution is 6.31. The number of nitrogens with one attached hydrogen (secondary N) is 1. The van der Waals surface area contributed by atoms with Crippen molar-refractivity contribution >= 4 is 46.6 Å². The van der Waals surface area contributed by atoms with Gasteiger partial charge in [-0.1, -0.05) is 29.8 Å². The van der Waals surface area contributed by atoms with E-state index in [9.17, 15) is 23.6 Å². The third kappa shape index (κ3) is 3.97. The van der Waals surface area contributed by atoms with Crippen molar-refractivity contribution in [2.45, 2.75) is 19.5 Å². The Bertz CT molecular complexity index is 1390. The van der Waals surface area contributed by atoms with E-state index in [1.54, 1.807) is 24.3 Å². The summed E-state index contributed by atoms with van der Waals surface area (Å²) in [4.78, 5) is 53.3. The number of halogens is 2. The zero-order chi connectivity index (χ0) is 25.6. The largest absolute Gasteiger partial charge is 0.482 e. The van der Waals surface area contributed by atoms with Gasteiger partial charge in [0.15, 0.2) is 6.61 Å². The Hall–Kier alpha value is -4.24. The number of amides is 4. The standard InChI is InChI=1S/C26H19ClFN3O5/c1-14(31-25(34)16-5-2-3-6-17(16)26(31)35)24(33)29-15-9-10-22-21(11-15)30(23(32)13-36-22)12-18-19(27)7-4-8-20(18)28/h2-11,14H,12-13H2,1H3,(H,29,33). The van der Waals surface area contributed by atoms with Gasteiger partial charge in [-0.05, 0) is 49.4 Å². The number of benzene rings is 3. The predicted molar refractivity (Wildman–Crippen MR) is 130 cm³/mol. The fourth-order valence-corrected chi connectivity index (χ4v) is 4.44. The van der Waals surface area contributed by atoms with Crippen molar-refractivity contribution in [3.05, 3.63) is 88.2 Å². The Morgan fingerprint density at radius 3 is 2.42 bits per heavy atom. The lowest BCUT2D eigenvalue weighted by Crippen LogP contribution is -2.45. The van der Waals surface area contributed by atoms with Crippen LogP contribution in [0.3, 0.4) is 0 Å². The maximum atomic E-state index is 14.4. The van der Waals surface area contributed by atoms with Crippen LogP contribution in [0.15, 0.2) is 60.7 Å². The summed E-state index contributed by atoms with van der Waals surface area (Å²) in [5, 5.41) is 2.86. The lowest BCUT2D eigenvalue weighted by atomic mass is 10.1. The normalized spacial score (nSPS) is 15.4. The molecule has 2 heterocycles. The Labute approximate surface area is 210 Å². The van der Waals surface area contributed by atoms with Gasteiger partial charge in [0.25, 0.3) is 17.7 Å². The number of nitrogens with zero attached hydrogens (tertiary/aromatic N) is 2. The second-order valence-corrected chi connectivity index (χ2v) is 8.75. The van der Waals surface area contributed by atoms with Crippen LogP contribution in [0.5, 0.6) is 5.75 Å². The van der Waals surface area contributed by atoms with Crippen LogP contribution in [0.2, 0.25) is 5.02 Å². The van der Waals surface area contributed by atoms with Crippen molar-refractivity contribution in [3.63, 3.8) is 0 Å². The van der Waals surface area contributed by atoms with E-state index in [4.69, 9.17) is 16.3 Å². The van der Waals surface area contributed by atoms with E-state index in [0.717, 1.165) is 4.90 Å². The van der Waals surface area contributed by atoms with Gasteiger partial charge in [0, 0.05) is 16.3 Å². The van der Waals surface area contributed by atoms with Crippen molar-refractivity contribution in [2.75, 3.05) is 16.8 Å².